The van der Waals surface area contributed by atoms with Gasteiger partial charge in [0.15, 0.2) is 0 Å². The summed E-state index contributed by atoms with van der Waals surface area (Å²) in [5.41, 5.74) is 8.90. The summed E-state index contributed by atoms with van der Waals surface area (Å²) in [6.45, 7) is 2.82. The van der Waals surface area contributed by atoms with Crippen molar-refractivity contribution in [3.8, 4) is 22.8 Å². The number of nitrogens with zero attached hydrogens (tertiary/aromatic N) is 3. The number of aryl methyl sites for hydroxylation is 2. The maximum Gasteiger partial charge on any atom is 0.573 e. The minimum absolute atomic E-state index is 0.0673. The van der Waals surface area contributed by atoms with Crippen molar-refractivity contribution in [3.05, 3.63) is 65.6 Å². The van der Waals surface area contributed by atoms with Gasteiger partial charge in [-0.1, -0.05) is 12.1 Å². The van der Waals surface area contributed by atoms with Crippen LogP contribution in [-0.4, -0.2) is 51.8 Å². The Morgan fingerprint density at radius 3 is 2.38 bits per heavy atom. The minimum atomic E-state index is -4.76. The maximum atomic E-state index is 12.7. The van der Waals surface area contributed by atoms with E-state index in [1.165, 1.54) is 24.3 Å². The van der Waals surface area contributed by atoms with Gasteiger partial charge in [-0.3, -0.25) is 9.59 Å². The second-order valence-electron chi connectivity index (χ2n) is 9.02. The standard InChI is InChI=1S/C26H27F3N4O4/c1-16-11-23(21(25(30)35)13-20(16)22-14-32(2)15-31-22)36-18-7-9-33(10-8-18)24(34)12-17-3-5-19(6-4-17)37-26(27,28)29/h3-6,11,13-15,18H,7-10,12H2,1-2H3,(H2,30,35). The van der Waals surface area contributed by atoms with Gasteiger partial charge in [0.05, 0.1) is 24.0 Å². The van der Waals surface area contributed by atoms with Gasteiger partial charge in [0, 0.05) is 44.7 Å². The fourth-order valence-electron chi connectivity index (χ4n) is 4.30. The number of primary amides is 1. The van der Waals surface area contributed by atoms with Crippen molar-refractivity contribution in [1.29, 1.82) is 0 Å². The minimum Gasteiger partial charge on any atom is -0.489 e. The fourth-order valence-corrected chi connectivity index (χ4v) is 4.30. The third kappa shape index (κ3) is 6.60. The Morgan fingerprint density at radius 2 is 1.81 bits per heavy atom. The normalized spacial score (nSPS) is 14.5. The molecular weight excluding hydrogens is 489 g/mol. The lowest BCUT2D eigenvalue weighted by atomic mass is 10.0. The van der Waals surface area contributed by atoms with E-state index in [4.69, 9.17) is 10.5 Å². The quantitative estimate of drug-likeness (QED) is 0.512. The van der Waals surface area contributed by atoms with Crippen molar-refractivity contribution in [1.82, 2.24) is 14.5 Å². The van der Waals surface area contributed by atoms with Crippen LogP contribution in [0, 0.1) is 6.92 Å². The zero-order chi connectivity index (χ0) is 26.7. The molecule has 1 aromatic heterocycles. The first-order chi connectivity index (χ1) is 17.5. The molecule has 1 aliphatic rings. The molecule has 0 aliphatic carbocycles. The smallest absolute Gasteiger partial charge is 0.489 e. The van der Waals surface area contributed by atoms with E-state index in [0.29, 0.717) is 37.2 Å². The molecule has 4 rings (SSSR count). The van der Waals surface area contributed by atoms with Crippen LogP contribution in [0.15, 0.2) is 48.9 Å². The molecule has 196 valence electrons. The molecule has 2 amide bonds. The van der Waals surface area contributed by atoms with Gasteiger partial charge in [-0.15, -0.1) is 13.2 Å². The summed E-state index contributed by atoms with van der Waals surface area (Å²) >= 11 is 0. The topological polar surface area (TPSA) is 99.7 Å². The number of nitrogens with two attached hydrogens (primary N) is 1. The summed E-state index contributed by atoms with van der Waals surface area (Å²) in [6, 6.07) is 8.74. The van der Waals surface area contributed by atoms with E-state index in [9.17, 15) is 22.8 Å². The molecular formula is C26H27F3N4O4. The number of rotatable bonds is 7. The molecule has 0 saturated carbocycles. The highest BCUT2D eigenvalue weighted by molar-refractivity contribution is 5.97. The Kier molecular flexibility index (Phi) is 7.42. The zero-order valence-corrected chi connectivity index (χ0v) is 20.4. The fraction of sp³-hybridized carbons (Fsp3) is 0.346. The van der Waals surface area contributed by atoms with Crippen LogP contribution in [0.2, 0.25) is 0 Å². The van der Waals surface area contributed by atoms with Crippen LogP contribution in [-0.2, 0) is 18.3 Å². The monoisotopic (exact) mass is 516 g/mol. The number of amides is 2. The van der Waals surface area contributed by atoms with E-state index in [-0.39, 0.29) is 29.7 Å². The van der Waals surface area contributed by atoms with E-state index in [1.807, 2.05) is 24.7 Å². The highest BCUT2D eigenvalue weighted by Gasteiger charge is 2.31. The molecule has 1 fully saturated rings. The number of aromatic nitrogens is 2. The molecule has 0 bridgehead atoms. The molecule has 0 spiro atoms. The first-order valence-electron chi connectivity index (χ1n) is 11.7. The Bertz CT molecular complexity index is 1280. The maximum absolute atomic E-state index is 12.7. The van der Waals surface area contributed by atoms with Crippen molar-refractivity contribution in [2.45, 2.75) is 38.7 Å². The van der Waals surface area contributed by atoms with Gasteiger partial charge in [0.25, 0.3) is 5.91 Å². The van der Waals surface area contributed by atoms with Gasteiger partial charge in [-0.25, -0.2) is 4.98 Å². The molecule has 3 aromatic rings. The predicted molar refractivity (Wildman–Crippen MR) is 129 cm³/mol. The van der Waals surface area contributed by atoms with Gasteiger partial charge in [-0.05, 0) is 42.3 Å². The number of carbonyl (C=O) groups is 2. The summed E-state index contributed by atoms with van der Waals surface area (Å²) < 4.78 is 48.8. The van der Waals surface area contributed by atoms with Crippen LogP contribution < -0.4 is 15.2 Å². The molecule has 2 aromatic carbocycles. The Balaban J connectivity index is 1.36. The molecule has 37 heavy (non-hydrogen) atoms. The summed E-state index contributed by atoms with van der Waals surface area (Å²) in [4.78, 5) is 30.9. The van der Waals surface area contributed by atoms with Gasteiger partial charge < -0.3 is 24.7 Å². The number of likely N-dealkylation sites (tertiary alicyclic amines) is 1. The number of hydrogen-bond acceptors (Lipinski definition) is 5. The third-order valence-corrected chi connectivity index (χ3v) is 6.17. The largest absolute Gasteiger partial charge is 0.573 e. The highest BCUT2D eigenvalue weighted by Crippen LogP contribution is 2.31. The predicted octanol–water partition coefficient (Wildman–Crippen LogP) is 4.01. The first-order valence-corrected chi connectivity index (χ1v) is 11.7. The molecule has 0 unspecified atom stereocenters. The lowest BCUT2D eigenvalue weighted by Gasteiger charge is -2.32. The Morgan fingerprint density at radius 1 is 1.14 bits per heavy atom. The number of piperidine rings is 1. The summed E-state index contributed by atoms with van der Waals surface area (Å²) in [7, 11) is 1.86. The number of ether oxygens (including phenoxy) is 2. The van der Waals surface area contributed by atoms with Crippen molar-refractivity contribution >= 4 is 11.8 Å². The van der Waals surface area contributed by atoms with Crippen LogP contribution in [0.25, 0.3) is 11.3 Å². The zero-order valence-electron chi connectivity index (χ0n) is 20.4. The van der Waals surface area contributed by atoms with E-state index in [0.717, 1.165) is 16.8 Å². The number of alkyl halides is 3. The number of halogens is 3. The summed E-state index contributed by atoms with van der Waals surface area (Å²) in [5.74, 6) is -0.668. The van der Waals surface area contributed by atoms with E-state index < -0.39 is 12.3 Å². The van der Waals surface area contributed by atoms with Crippen LogP contribution >= 0.6 is 0 Å². The molecule has 1 aliphatic heterocycles. The van der Waals surface area contributed by atoms with Crippen molar-refractivity contribution in [2.24, 2.45) is 12.8 Å². The Hall–Kier alpha value is -4.02. The molecule has 0 radical (unpaired) electrons. The van der Waals surface area contributed by atoms with E-state index >= 15 is 0 Å². The number of carbonyl (C=O) groups excluding carboxylic acids is 2. The SMILES string of the molecule is Cc1cc(OC2CCN(C(=O)Cc3ccc(OC(F)(F)F)cc3)CC2)c(C(N)=O)cc1-c1cn(C)cn1. The molecule has 0 atom stereocenters. The number of hydrogen-bond donors (Lipinski definition) is 1. The average molecular weight is 517 g/mol. The third-order valence-electron chi connectivity index (χ3n) is 6.17. The van der Waals surface area contributed by atoms with Crippen LogP contribution in [0.4, 0.5) is 13.2 Å². The van der Waals surface area contributed by atoms with Crippen LogP contribution in [0.5, 0.6) is 11.5 Å². The molecule has 1 saturated heterocycles. The number of benzene rings is 2. The van der Waals surface area contributed by atoms with Gasteiger partial charge in [0.1, 0.15) is 17.6 Å². The van der Waals surface area contributed by atoms with Crippen LogP contribution in [0.1, 0.15) is 34.3 Å². The van der Waals surface area contributed by atoms with Gasteiger partial charge >= 0.3 is 6.36 Å². The molecule has 2 N–H and O–H groups in total. The molecule has 11 heteroatoms. The van der Waals surface area contributed by atoms with Crippen LogP contribution in [0.3, 0.4) is 0 Å². The lowest BCUT2D eigenvalue weighted by molar-refractivity contribution is -0.274. The first kappa shape index (κ1) is 26.1. The average Bonchev–Trinajstić information content (AvgIpc) is 3.25. The Labute approximate surface area is 211 Å². The van der Waals surface area contributed by atoms with Crippen molar-refractivity contribution in [3.63, 3.8) is 0 Å². The molecule has 8 nitrogen and oxygen atoms in total. The second-order valence-corrected chi connectivity index (χ2v) is 9.02. The van der Waals surface area contributed by atoms with E-state index in [2.05, 4.69) is 9.72 Å². The van der Waals surface area contributed by atoms with Crippen molar-refractivity contribution < 1.29 is 32.2 Å². The van der Waals surface area contributed by atoms with Crippen molar-refractivity contribution in [2.75, 3.05) is 13.1 Å². The second kappa shape index (κ2) is 10.5. The van der Waals surface area contributed by atoms with Gasteiger partial charge in [0.2, 0.25) is 5.91 Å². The summed E-state index contributed by atoms with van der Waals surface area (Å²) in [6.07, 6.45) is -0.256. The van der Waals surface area contributed by atoms with E-state index in [1.54, 1.807) is 23.4 Å². The highest BCUT2D eigenvalue weighted by atomic mass is 19.4. The van der Waals surface area contributed by atoms with Gasteiger partial charge in [-0.2, -0.15) is 0 Å². The summed E-state index contributed by atoms with van der Waals surface area (Å²) in [5, 5.41) is 0. The molecule has 2 heterocycles. The lowest BCUT2D eigenvalue weighted by Crippen LogP contribution is -2.42. The number of imidazole rings is 1.